The molecule has 0 bridgehead atoms. The third-order valence-corrected chi connectivity index (χ3v) is 3.07. The number of nitrogens with two attached hydrogens (primary N) is 1. The molecule has 3 N–H and O–H groups in total. The number of hydrogen-bond acceptors (Lipinski definition) is 4. The van der Waals surface area contributed by atoms with Crippen LogP contribution in [0.3, 0.4) is 0 Å². The van der Waals surface area contributed by atoms with Gasteiger partial charge in [-0.2, -0.15) is 4.98 Å². The maximum absolute atomic E-state index is 5.66. The maximum Gasteiger partial charge on any atom is 0.218 e. The molecule has 0 aromatic carbocycles. The molecule has 3 aromatic heterocycles. The van der Waals surface area contributed by atoms with E-state index in [4.69, 9.17) is 10.5 Å². The molecule has 0 saturated carbocycles. The molecule has 0 radical (unpaired) electrons. The van der Waals surface area contributed by atoms with Crippen molar-refractivity contribution >= 4 is 16.9 Å². The normalized spacial score (nSPS) is 10.8. The molecule has 5 heteroatoms. The van der Waals surface area contributed by atoms with Gasteiger partial charge in [-0.1, -0.05) is 0 Å². The zero-order valence-corrected chi connectivity index (χ0v) is 10.6. The van der Waals surface area contributed by atoms with Crippen molar-refractivity contribution in [1.29, 1.82) is 0 Å². The Bertz CT molecular complexity index is 720. The Labute approximate surface area is 110 Å². The van der Waals surface area contributed by atoms with Crippen LogP contribution in [0.4, 0.5) is 5.82 Å². The number of hydrogen-bond donors (Lipinski definition) is 2. The lowest BCUT2D eigenvalue weighted by Crippen LogP contribution is -1.99. The highest BCUT2D eigenvalue weighted by Crippen LogP contribution is 2.24. The van der Waals surface area contributed by atoms with E-state index in [1.807, 2.05) is 24.4 Å². The number of rotatable bonds is 3. The highest BCUT2D eigenvalue weighted by atomic mass is 16.5. The Hall–Kier alpha value is -2.56. The topological polar surface area (TPSA) is 76.8 Å². The van der Waals surface area contributed by atoms with Crippen molar-refractivity contribution in [3.05, 3.63) is 47.8 Å². The van der Waals surface area contributed by atoms with Crippen LogP contribution in [0.1, 0.15) is 11.1 Å². The van der Waals surface area contributed by atoms with Crippen molar-refractivity contribution in [2.24, 2.45) is 0 Å². The Kier molecular flexibility index (Phi) is 2.79. The second-order valence-electron chi connectivity index (χ2n) is 4.29. The fraction of sp³-hybridized carbons (Fsp3) is 0.143. The quantitative estimate of drug-likeness (QED) is 0.750. The Morgan fingerprint density at radius 1 is 1.26 bits per heavy atom. The fourth-order valence-corrected chi connectivity index (χ4v) is 2.16. The minimum atomic E-state index is 0.459. The van der Waals surface area contributed by atoms with E-state index < -0.39 is 0 Å². The number of aromatic amines is 1. The van der Waals surface area contributed by atoms with Gasteiger partial charge in [-0.05, 0) is 29.8 Å². The van der Waals surface area contributed by atoms with Gasteiger partial charge in [0.05, 0.1) is 7.11 Å². The van der Waals surface area contributed by atoms with Gasteiger partial charge >= 0.3 is 0 Å². The van der Waals surface area contributed by atoms with Crippen LogP contribution in [0, 0.1) is 0 Å². The molecule has 96 valence electrons. The molecular weight excluding hydrogens is 240 g/mol. The number of pyridine rings is 2. The lowest BCUT2D eigenvalue weighted by molar-refractivity contribution is 0.394. The van der Waals surface area contributed by atoms with E-state index in [1.54, 1.807) is 19.4 Å². The zero-order chi connectivity index (χ0) is 13.2. The summed E-state index contributed by atoms with van der Waals surface area (Å²) in [4.78, 5) is 11.6. The maximum atomic E-state index is 5.66. The van der Waals surface area contributed by atoms with Gasteiger partial charge in [-0.3, -0.25) is 0 Å². The summed E-state index contributed by atoms with van der Waals surface area (Å²) in [5.74, 6) is 1.03. The van der Waals surface area contributed by atoms with E-state index >= 15 is 0 Å². The lowest BCUT2D eigenvalue weighted by atomic mass is 10.1. The number of anilines is 1. The number of methoxy groups -OCH3 is 1. The average molecular weight is 254 g/mol. The number of ether oxygens (including phenoxy) is 1. The van der Waals surface area contributed by atoms with E-state index in [0.717, 1.165) is 28.6 Å². The standard InChI is InChI=1S/C14H14N4O/c1-19-14-9(4-5-12(15)18-14)7-10-8-17-13-11(10)3-2-6-16-13/h2-6,8H,7H2,1H3,(H2,15,18)(H,16,17). The monoisotopic (exact) mass is 254 g/mol. The highest BCUT2D eigenvalue weighted by Gasteiger charge is 2.10. The SMILES string of the molecule is COc1nc(N)ccc1Cc1c[nH]c2ncccc12. The molecule has 0 unspecified atom stereocenters. The molecule has 0 aliphatic heterocycles. The number of nitrogens with zero attached hydrogens (tertiary/aromatic N) is 2. The first kappa shape index (κ1) is 11.5. The summed E-state index contributed by atoms with van der Waals surface area (Å²) in [7, 11) is 1.60. The Morgan fingerprint density at radius 2 is 2.16 bits per heavy atom. The molecule has 3 heterocycles. The van der Waals surface area contributed by atoms with Gasteiger partial charge < -0.3 is 15.5 Å². The van der Waals surface area contributed by atoms with E-state index in [-0.39, 0.29) is 0 Å². The van der Waals surface area contributed by atoms with Crippen LogP contribution in [0.15, 0.2) is 36.7 Å². The fourth-order valence-electron chi connectivity index (χ4n) is 2.16. The van der Waals surface area contributed by atoms with Crippen molar-refractivity contribution in [2.45, 2.75) is 6.42 Å². The Balaban J connectivity index is 2.01. The molecule has 0 aliphatic rings. The molecule has 3 aromatic rings. The minimum absolute atomic E-state index is 0.459. The third-order valence-electron chi connectivity index (χ3n) is 3.07. The zero-order valence-electron chi connectivity index (χ0n) is 10.6. The van der Waals surface area contributed by atoms with Gasteiger partial charge in [0.25, 0.3) is 0 Å². The summed E-state index contributed by atoms with van der Waals surface area (Å²) in [5, 5.41) is 1.11. The first-order valence-electron chi connectivity index (χ1n) is 5.98. The van der Waals surface area contributed by atoms with Crippen molar-refractivity contribution in [1.82, 2.24) is 15.0 Å². The number of H-pyrrole nitrogens is 1. The van der Waals surface area contributed by atoms with Crippen LogP contribution in [0.5, 0.6) is 5.88 Å². The van der Waals surface area contributed by atoms with E-state index in [2.05, 4.69) is 15.0 Å². The molecule has 5 nitrogen and oxygen atoms in total. The van der Waals surface area contributed by atoms with Crippen LogP contribution >= 0.6 is 0 Å². The van der Waals surface area contributed by atoms with E-state index in [1.165, 1.54) is 0 Å². The smallest absolute Gasteiger partial charge is 0.218 e. The summed E-state index contributed by atoms with van der Waals surface area (Å²) in [6.45, 7) is 0. The second-order valence-corrected chi connectivity index (χ2v) is 4.29. The van der Waals surface area contributed by atoms with E-state index in [0.29, 0.717) is 11.7 Å². The highest BCUT2D eigenvalue weighted by molar-refractivity contribution is 5.79. The van der Waals surface area contributed by atoms with Crippen molar-refractivity contribution in [3.8, 4) is 5.88 Å². The summed E-state index contributed by atoms with van der Waals surface area (Å²) in [6, 6.07) is 7.70. The van der Waals surface area contributed by atoms with Crippen molar-refractivity contribution in [3.63, 3.8) is 0 Å². The second kappa shape index (κ2) is 4.61. The number of nitrogens with one attached hydrogen (secondary N) is 1. The molecular formula is C14H14N4O. The van der Waals surface area contributed by atoms with Gasteiger partial charge in [0.2, 0.25) is 5.88 Å². The van der Waals surface area contributed by atoms with Crippen LogP contribution in [0.2, 0.25) is 0 Å². The van der Waals surface area contributed by atoms with Gasteiger partial charge in [0.1, 0.15) is 11.5 Å². The predicted molar refractivity (Wildman–Crippen MR) is 74.1 cm³/mol. The molecule has 0 spiro atoms. The van der Waals surface area contributed by atoms with Gasteiger partial charge in [-0.25, -0.2) is 4.98 Å². The molecule has 0 fully saturated rings. The molecule has 0 aliphatic carbocycles. The molecule has 0 amide bonds. The van der Waals surface area contributed by atoms with Crippen LogP contribution in [-0.2, 0) is 6.42 Å². The first-order valence-corrected chi connectivity index (χ1v) is 5.98. The van der Waals surface area contributed by atoms with Crippen molar-refractivity contribution in [2.75, 3.05) is 12.8 Å². The number of fused-ring (bicyclic) bond motifs is 1. The average Bonchev–Trinajstić information content (AvgIpc) is 2.84. The predicted octanol–water partition coefficient (Wildman–Crippen LogP) is 2.14. The summed E-state index contributed by atoms with van der Waals surface area (Å²) in [5.41, 5.74) is 8.71. The Morgan fingerprint density at radius 3 is 3.00 bits per heavy atom. The number of nitrogen functional groups attached to an aromatic ring is 1. The molecule has 0 saturated heterocycles. The summed E-state index contributed by atoms with van der Waals surface area (Å²) in [6.07, 6.45) is 4.46. The lowest BCUT2D eigenvalue weighted by Gasteiger charge is -2.07. The van der Waals surface area contributed by atoms with Crippen LogP contribution in [0.25, 0.3) is 11.0 Å². The third kappa shape index (κ3) is 2.10. The van der Waals surface area contributed by atoms with Gasteiger partial charge in [0.15, 0.2) is 0 Å². The summed E-state index contributed by atoms with van der Waals surface area (Å²) < 4.78 is 5.27. The molecule has 0 atom stereocenters. The van der Waals surface area contributed by atoms with Gasteiger partial charge in [0, 0.05) is 29.8 Å². The van der Waals surface area contributed by atoms with Crippen molar-refractivity contribution < 1.29 is 4.74 Å². The van der Waals surface area contributed by atoms with Gasteiger partial charge in [-0.15, -0.1) is 0 Å². The van der Waals surface area contributed by atoms with Crippen LogP contribution < -0.4 is 10.5 Å². The first-order chi connectivity index (χ1) is 9.28. The number of aromatic nitrogens is 3. The minimum Gasteiger partial charge on any atom is -0.481 e. The molecule has 3 rings (SSSR count). The van der Waals surface area contributed by atoms with Crippen LogP contribution in [-0.4, -0.2) is 22.1 Å². The summed E-state index contributed by atoms with van der Waals surface area (Å²) >= 11 is 0. The largest absolute Gasteiger partial charge is 0.481 e. The van der Waals surface area contributed by atoms with E-state index in [9.17, 15) is 0 Å². The molecule has 19 heavy (non-hydrogen) atoms.